The zero-order valence-electron chi connectivity index (χ0n) is 21.4. The summed E-state index contributed by atoms with van der Waals surface area (Å²) >= 11 is 0. The van der Waals surface area contributed by atoms with Crippen molar-refractivity contribution in [3.8, 4) is 17.0 Å². The Balaban J connectivity index is 1.37. The van der Waals surface area contributed by atoms with E-state index >= 15 is 0 Å². The average molecular weight is 498 g/mol. The summed E-state index contributed by atoms with van der Waals surface area (Å²) in [5, 5.41) is 3.10. The number of nitrogen functional groups attached to an aromatic ring is 1. The van der Waals surface area contributed by atoms with Crippen molar-refractivity contribution >= 4 is 17.2 Å². The van der Waals surface area contributed by atoms with Crippen LogP contribution in [0.5, 0.6) is 5.75 Å². The van der Waals surface area contributed by atoms with Crippen LogP contribution < -0.4 is 15.8 Å². The van der Waals surface area contributed by atoms with E-state index in [4.69, 9.17) is 15.5 Å². The second kappa shape index (κ2) is 11.5. The molecule has 0 spiro atoms. The topological polar surface area (TPSA) is 94.5 Å². The number of ether oxygens (including phenoxy) is 1. The van der Waals surface area contributed by atoms with Crippen LogP contribution in [0.15, 0.2) is 67.0 Å². The van der Waals surface area contributed by atoms with Crippen LogP contribution >= 0.6 is 0 Å². The molecule has 2 aromatic heterocycles. The minimum atomic E-state index is 0.0870. The monoisotopic (exact) mass is 497 g/mol. The molecule has 37 heavy (non-hydrogen) atoms. The molecule has 0 atom stereocenters. The molecule has 1 aliphatic rings. The summed E-state index contributed by atoms with van der Waals surface area (Å²) in [7, 11) is 0. The molecule has 7 heteroatoms. The van der Waals surface area contributed by atoms with Gasteiger partial charge in [-0.2, -0.15) is 0 Å². The summed E-state index contributed by atoms with van der Waals surface area (Å²) in [5.41, 5.74) is 10.1. The Labute approximate surface area is 218 Å². The third-order valence-electron chi connectivity index (χ3n) is 7.26. The molecule has 0 unspecified atom stereocenters. The molecule has 3 N–H and O–H groups in total. The summed E-state index contributed by atoms with van der Waals surface area (Å²) in [6.45, 7) is 3.40. The van der Waals surface area contributed by atoms with E-state index in [2.05, 4.69) is 33.8 Å². The van der Waals surface area contributed by atoms with E-state index in [1.54, 1.807) is 6.20 Å². The first-order valence-corrected chi connectivity index (χ1v) is 13.3. The summed E-state index contributed by atoms with van der Waals surface area (Å²) < 4.78 is 8.15. The van der Waals surface area contributed by atoms with Gasteiger partial charge in [-0.3, -0.25) is 9.20 Å². The number of carbonyl (C=O) groups is 1. The Bertz CT molecular complexity index is 1340. The van der Waals surface area contributed by atoms with Crippen molar-refractivity contribution in [2.45, 2.75) is 58.0 Å². The predicted octanol–water partition coefficient (Wildman–Crippen LogP) is 5.75. The van der Waals surface area contributed by atoms with Crippen molar-refractivity contribution < 1.29 is 9.53 Å². The van der Waals surface area contributed by atoms with Crippen molar-refractivity contribution in [1.29, 1.82) is 0 Å². The van der Waals surface area contributed by atoms with E-state index in [-0.39, 0.29) is 17.7 Å². The van der Waals surface area contributed by atoms with Crippen LogP contribution in [0.1, 0.15) is 62.8 Å². The number of rotatable bonds is 9. The van der Waals surface area contributed by atoms with Crippen LogP contribution in [0, 0.1) is 5.92 Å². The number of aromatic nitrogens is 3. The van der Waals surface area contributed by atoms with E-state index in [0.717, 1.165) is 79.0 Å². The van der Waals surface area contributed by atoms with Crippen molar-refractivity contribution in [3.05, 3.63) is 78.4 Å². The Morgan fingerprint density at radius 2 is 1.92 bits per heavy atom. The number of hydrogen-bond acceptors (Lipinski definition) is 5. The lowest BCUT2D eigenvalue weighted by Gasteiger charge is -2.27. The van der Waals surface area contributed by atoms with E-state index in [0.29, 0.717) is 12.4 Å². The van der Waals surface area contributed by atoms with Gasteiger partial charge in [0.25, 0.3) is 0 Å². The zero-order valence-corrected chi connectivity index (χ0v) is 21.4. The molecule has 192 valence electrons. The quantitative estimate of drug-likeness (QED) is 0.287. The number of nitrogens with one attached hydrogen (secondary N) is 1. The standard InChI is InChI=1S/C30H35N5O2/c1-2-3-16-33-30(36)23-14-12-22(13-15-23)29-34-26(27-28(31)32-17-18-35(27)29)24-10-7-11-25(19-24)37-20-21-8-5-4-6-9-21/h4-11,17-19,22-23H,2-3,12-16,20H2,1H3,(H2,31,32)(H,33,36). The number of nitrogens with zero attached hydrogens (tertiary/aromatic N) is 3. The maximum absolute atomic E-state index is 12.6. The minimum Gasteiger partial charge on any atom is -0.489 e. The van der Waals surface area contributed by atoms with Crippen LogP contribution in [0.4, 0.5) is 5.82 Å². The van der Waals surface area contributed by atoms with Crippen LogP contribution in [0.25, 0.3) is 16.8 Å². The van der Waals surface area contributed by atoms with Crippen LogP contribution in [-0.2, 0) is 11.4 Å². The molecule has 2 heterocycles. The Hall–Kier alpha value is -3.87. The maximum Gasteiger partial charge on any atom is 0.223 e. The molecule has 0 radical (unpaired) electrons. The molecule has 0 bridgehead atoms. The van der Waals surface area contributed by atoms with E-state index < -0.39 is 0 Å². The number of anilines is 1. The van der Waals surface area contributed by atoms with Crippen LogP contribution in [0.3, 0.4) is 0 Å². The maximum atomic E-state index is 12.6. The first-order valence-electron chi connectivity index (χ1n) is 13.3. The number of unbranched alkanes of at least 4 members (excludes halogenated alkanes) is 1. The van der Waals surface area contributed by atoms with E-state index in [1.807, 2.05) is 48.7 Å². The van der Waals surface area contributed by atoms with Gasteiger partial charge >= 0.3 is 0 Å². The molecule has 0 saturated heterocycles. The lowest BCUT2D eigenvalue weighted by Crippen LogP contribution is -2.33. The molecule has 0 aliphatic heterocycles. The summed E-state index contributed by atoms with van der Waals surface area (Å²) in [5.74, 6) is 2.77. The molecule has 1 saturated carbocycles. The molecule has 5 rings (SSSR count). The van der Waals surface area contributed by atoms with Gasteiger partial charge in [0.05, 0.1) is 0 Å². The Morgan fingerprint density at radius 1 is 1.11 bits per heavy atom. The summed E-state index contributed by atoms with van der Waals surface area (Å²) in [4.78, 5) is 22.0. The fraction of sp³-hybridized carbons (Fsp3) is 0.367. The smallest absolute Gasteiger partial charge is 0.223 e. The number of hydrogen-bond donors (Lipinski definition) is 2. The van der Waals surface area contributed by atoms with Gasteiger partial charge in [-0.05, 0) is 49.8 Å². The van der Waals surface area contributed by atoms with Gasteiger partial charge in [0.2, 0.25) is 5.91 Å². The van der Waals surface area contributed by atoms with Gasteiger partial charge in [0.1, 0.15) is 35.2 Å². The summed E-state index contributed by atoms with van der Waals surface area (Å²) in [6.07, 6.45) is 9.37. The highest BCUT2D eigenvalue weighted by atomic mass is 16.5. The highest BCUT2D eigenvalue weighted by Crippen LogP contribution is 2.39. The lowest BCUT2D eigenvalue weighted by molar-refractivity contribution is -0.126. The second-order valence-electron chi connectivity index (χ2n) is 9.84. The second-order valence-corrected chi connectivity index (χ2v) is 9.84. The van der Waals surface area contributed by atoms with Crippen molar-refractivity contribution in [1.82, 2.24) is 19.7 Å². The first-order chi connectivity index (χ1) is 18.1. The highest BCUT2D eigenvalue weighted by Gasteiger charge is 2.30. The molecule has 2 aromatic carbocycles. The summed E-state index contributed by atoms with van der Waals surface area (Å²) in [6, 6.07) is 18.1. The van der Waals surface area contributed by atoms with Crippen molar-refractivity contribution in [2.24, 2.45) is 5.92 Å². The molecule has 4 aromatic rings. The van der Waals surface area contributed by atoms with Gasteiger partial charge in [0, 0.05) is 36.3 Å². The molecule has 1 fully saturated rings. The highest BCUT2D eigenvalue weighted by molar-refractivity contribution is 5.85. The largest absolute Gasteiger partial charge is 0.489 e. The Morgan fingerprint density at radius 3 is 2.70 bits per heavy atom. The minimum absolute atomic E-state index is 0.0870. The van der Waals surface area contributed by atoms with E-state index in [1.165, 1.54) is 0 Å². The number of imidazole rings is 1. The number of benzene rings is 2. The molecular formula is C30H35N5O2. The SMILES string of the molecule is CCCCNC(=O)C1CCC(c2nc(-c3cccc(OCc4ccccc4)c3)c3c(N)nccn23)CC1. The van der Waals surface area contributed by atoms with Crippen molar-refractivity contribution in [2.75, 3.05) is 12.3 Å². The average Bonchev–Trinajstić information content (AvgIpc) is 3.34. The van der Waals surface area contributed by atoms with Crippen LogP contribution in [-0.4, -0.2) is 26.8 Å². The fourth-order valence-corrected chi connectivity index (χ4v) is 5.20. The number of amides is 1. The third-order valence-corrected chi connectivity index (χ3v) is 7.26. The van der Waals surface area contributed by atoms with Gasteiger partial charge in [-0.25, -0.2) is 9.97 Å². The fourth-order valence-electron chi connectivity index (χ4n) is 5.20. The predicted molar refractivity (Wildman–Crippen MR) is 146 cm³/mol. The number of fused-ring (bicyclic) bond motifs is 1. The first kappa shape index (κ1) is 24.8. The molecular weight excluding hydrogens is 462 g/mol. The van der Waals surface area contributed by atoms with Gasteiger partial charge < -0.3 is 15.8 Å². The van der Waals surface area contributed by atoms with E-state index in [9.17, 15) is 4.79 Å². The number of nitrogens with two attached hydrogens (primary N) is 1. The molecule has 1 amide bonds. The zero-order chi connectivity index (χ0) is 25.6. The van der Waals surface area contributed by atoms with Crippen molar-refractivity contribution in [3.63, 3.8) is 0 Å². The van der Waals surface area contributed by atoms with Gasteiger partial charge in [0.15, 0.2) is 0 Å². The molecule has 1 aliphatic carbocycles. The van der Waals surface area contributed by atoms with Crippen LogP contribution in [0.2, 0.25) is 0 Å². The normalized spacial score (nSPS) is 17.5. The Kier molecular flexibility index (Phi) is 7.68. The van der Waals surface area contributed by atoms with Gasteiger partial charge in [-0.1, -0.05) is 55.8 Å². The lowest BCUT2D eigenvalue weighted by atomic mass is 9.81. The van der Waals surface area contributed by atoms with Gasteiger partial charge in [-0.15, -0.1) is 0 Å². The third kappa shape index (κ3) is 5.61. The molecule has 7 nitrogen and oxygen atoms in total. The number of carbonyl (C=O) groups excluding carboxylic acids is 1.